The minimum atomic E-state index is -4.92. The van der Waals surface area contributed by atoms with Crippen molar-refractivity contribution in [1.29, 1.82) is 0 Å². The summed E-state index contributed by atoms with van der Waals surface area (Å²) in [7, 11) is -7.44. The van der Waals surface area contributed by atoms with E-state index in [1.807, 2.05) is 0 Å². The standard InChI is InChI=1S/C25H54NO3Si.H2O4S/c1-5-9-10-11-12-13-14-15-16-18-21-26(22-19-17-20-23-26)24-25-30(27-6-2,28-7-3)29-8-4;1-5(2,3)4/h5-25H2,1-4H3;(H2,1,2,3,4)/q+1;/p-1. The molecule has 0 aromatic heterocycles. The molecule has 0 aromatic carbocycles. The fourth-order valence-electron chi connectivity index (χ4n) is 5.05. The molecule has 1 N–H and O–H groups in total. The number of hydrogen-bond donors (Lipinski definition) is 1. The highest BCUT2D eigenvalue weighted by molar-refractivity contribution is 7.79. The van der Waals surface area contributed by atoms with Crippen LogP contribution in [0, 0.1) is 0 Å². The summed E-state index contributed by atoms with van der Waals surface area (Å²) in [4.78, 5) is 0. The van der Waals surface area contributed by atoms with E-state index in [0.717, 1.165) is 6.04 Å². The zero-order chi connectivity index (χ0) is 26.5. The lowest BCUT2D eigenvalue weighted by molar-refractivity contribution is -0.931. The van der Waals surface area contributed by atoms with Crippen LogP contribution in [-0.2, 0) is 23.7 Å². The van der Waals surface area contributed by atoms with E-state index in [4.69, 9.17) is 30.8 Å². The Kier molecular flexibility index (Phi) is 20.9. The summed E-state index contributed by atoms with van der Waals surface area (Å²) in [5.74, 6) is 0. The summed E-state index contributed by atoms with van der Waals surface area (Å²) in [6.45, 7) is 15.7. The van der Waals surface area contributed by atoms with E-state index in [0.29, 0.717) is 19.8 Å². The highest BCUT2D eigenvalue weighted by atomic mass is 32.3. The van der Waals surface area contributed by atoms with Gasteiger partial charge in [-0.25, -0.2) is 8.42 Å². The first-order chi connectivity index (χ1) is 16.7. The Labute approximate surface area is 217 Å². The third-order valence-corrected chi connectivity index (χ3v) is 9.76. The Balaban J connectivity index is 0.00000209. The van der Waals surface area contributed by atoms with Gasteiger partial charge in [-0.1, -0.05) is 58.3 Å². The molecule has 0 aliphatic carbocycles. The van der Waals surface area contributed by atoms with Crippen LogP contribution in [0.1, 0.15) is 111 Å². The van der Waals surface area contributed by atoms with Crippen molar-refractivity contribution in [3.8, 4) is 0 Å². The van der Waals surface area contributed by atoms with E-state index in [9.17, 15) is 0 Å². The van der Waals surface area contributed by atoms with Crippen molar-refractivity contribution in [2.75, 3.05) is 46.0 Å². The zero-order valence-corrected chi connectivity index (χ0v) is 24.9. The number of unbranched alkanes of at least 4 members (excludes halogenated alkanes) is 9. The second-order valence-electron chi connectivity index (χ2n) is 9.64. The highest BCUT2D eigenvalue weighted by Gasteiger charge is 2.44. The van der Waals surface area contributed by atoms with Gasteiger partial charge in [0.25, 0.3) is 0 Å². The maximum atomic E-state index is 8.63. The fraction of sp³-hybridized carbons (Fsp3) is 1.00. The van der Waals surface area contributed by atoms with Gasteiger partial charge < -0.3 is 22.3 Å². The van der Waals surface area contributed by atoms with Gasteiger partial charge in [-0.15, -0.1) is 0 Å². The second kappa shape index (κ2) is 20.9. The van der Waals surface area contributed by atoms with Crippen LogP contribution in [0.4, 0.5) is 0 Å². The molecular weight excluding hydrogens is 486 g/mol. The molecule has 0 saturated carbocycles. The first-order valence-electron chi connectivity index (χ1n) is 14.1. The summed E-state index contributed by atoms with van der Waals surface area (Å²) in [5.41, 5.74) is 0. The molecule has 212 valence electrons. The van der Waals surface area contributed by atoms with E-state index in [1.165, 1.54) is 114 Å². The lowest BCUT2D eigenvalue weighted by Gasteiger charge is -2.43. The first-order valence-corrected chi connectivity index (χ1v) is 17.4. The van der Waals surface area contributed by atoms with Gasteiger partial charge in [0.2, 0.25) is 10.4 Å². The van der Waals surface area contributed by atoms with Crippen molar-refractivity contribution in [1.82, 2.24) is 0 Å². The molecular formula is C25H55NO7SSi. The Bertz CT molecular complexity index is 561. The largest absolute Gasteiger partial charge is 0.726 e. The predicted molar refractivity (Wildman–Crippen MR) is 143 cm³/mol. The fourth-order valence-corrected chi connectivity index (χ4v) is 7.80. The number of rotatable bonds is 20. The molecule has 0 bridgehead atoms. The molecule has 0 spiro atoms. The Morgan fingerprint density at radius 2 is 1.11 bits per heavy atom. The summed E-state index contributed by atoms with van der Waals surface area (Å²) in [5, 5.41) is 0. The second-order valence-corrected chi connectivity index (χ2v) is 13.2. The summed E-state index contributed by atoms with van der Waals surface area (Å²) < 4.78 is 52.5. The zero-order valence-electron chi connectivity index (χ0n) is 23.1. The third-order valence-electron chi connectivity index (χ3n) is 6.74. The minimum absolute atomic E-state index is 0.685. The molecule has 8 nitrogen and oxygen atoms in total. The number of quaternary nitrogens is 1. The van der Waals surface area contributed by atoms with Crippen molar-refractivity contribution in [2.45, 2.75) is 117 Å². The summed E-state index contributed by atoms with van der Waals surface area (Å²) in [6, 6.07) is 0.972. The number of piperidine rings is 1. The molecule has 35 heavy (non-hydrogen) atoms. The molecule has 1 saturated heterocycles. The van der Waals surface area contributed by atoms with E-state index >= 15 is 0 Å². The van der Waals surface area contributed by atoms with E-state index < -0.39 is 19.2 Å². The topological polar surface area (TPSA) is 105 Å². The quantitative estimate of drug-likeness (QED) is 0.0666. The lowest BCUT2D eigenvalue weighted by Crippen LogP contribution is -2.56. The van der Waals surface area contributed by atoms with Gasteiger partial charge in [0, 0.05) is 19.8 Å². The van der Waals surface area contributed by atoms with Gasteiger partial charge in [-0.2, -0.15) is 0 Å². The van der Waals surface area contributed by atoms with Crippen molar-refractivity contribution in [3.63, 3.8) is 0 Å². The number of hydrogen-bond acceptors (Lipinski definition) is 6. The average molecular weight is 542 g/mol. The van der Waals surface area contributed by atoms with Crippen molar-refractivity contribution in [2.24, 2.45) is 0 Å². The van der Waals surface area contributed by atoms with Crippen LogP contribution in [0.25, 0.3) is 0 Å². The van der Waals surface area contributed by atoms with Gasteiger partial charge >= 0.3 is 8.80 Å². The van der Waals surface area contributed by atoms with Gasteiger partial charge in [0.1, 0.15) is 0 Å². The molecule has 0 atom stereocenters. The first kappa shape index (κ1) is 34.9. The van der Waals surface area contributed by atoms with E-state index in [-0.39, 0.29) is 0 Å². The van der Waals surface area contributed by atoms with Gasteiger partial charge in [0.05, 0.1) is 32.2 Å². The van der Waals surface area contributed by atoms with Gasteiger partial charge in [-0.3, -0.25) is 4.55 Å². The van der Waals surface area contributed by atoms with E-state index in [1.54, 1.807) is 0 Å². The molecule has 0 aromatic rings. The van der Waals surface area contributed by atoms with Crippen LogP contribution in [0.5, 0.6) is 0 Å². The van der Waals surface area contributed by atoms with Crippen LogP contribution in [0.3, 0.4) is 0 Å². The molecule has 1 fully saturated rings. The van der Waals surface area contributed by atoms with Crippen LogP contribution in [-0.4, -0.2) is 76.8 Å². The Morgan fingerprint density at radius 3 is 1.51 bits per heavy atom. The molecule has 0 radical (unpaired) electrons. The predicted octanol–water partition coefficient (Wildman–Crippen LogP) is 5.96. The van der Waals surface area contributed by atoms with Crippen LogP contribution in [0.15, 0.2) is 0 Å². The lowest BCUT2D eigenvalue weighted by atomic mass is 10.0. The maximum Gasteiger partial charge on any atom is 0.506 e. The maximum absolute atomic E-state index is 8.63. The summed E-state index contributed by atoms with van der Waals surface area (Å²) in [6.07, 6.45) is 18.3. The van der Waals surface area contributed by atoms with E-state index in [2.05, 4.69) is 27.7 Å². The Morgan fingerprint density at radius 1 is 0.714 bits per heavy atom. The van der Waals surface area contributed by atoms with Gasteiger partial charge in [0.15, 0.2) is 0 Å². The van der Waals surface area contributed by atoms with Crippen molar-refractivity contribution < 1.29 is 35.3 Å². The smallest absolute Gasteiger partial charge is 0.506 e. The average Bonchev–Trinajstić information content (AvgIpc) is 2.79. The monoisotopic (exact) mass is 541 g/mol. The molecule has 1 aliphatic heterocycles. The SMILES string of the molecule is CCCCCCCCCCCC[N+]1(CC[Si](OCC)(OCC)OCC)CCCCC1.O=S(=O)([O-])O. The normalized spacial score (nSPS) is 16.1. The third kappa shape index (κ3) is 19.7. The number of nitrogens with zero attached hydrogens (tertiary/aromatic N) is 1. The van der Waals surface area contributed by atoms with Crippen molar-refractivity contribution in [3.05, 3.63) is 0 Å². The minimum Gasteiger partial charge on any atom is -0.726 e. The molecule has 1 aliphatic rings. The molecule has 10 heteroatoms. The highest BCUT2D eigenvalue weighted by Crippen LogP contribution is 2.25. The van der Waals surface area contributed by atoms with Crippen LogP contribution < -0.4 is 0 Å². The van der Waals surface area contributed by atoms with Crippen molar-refractivity contribution >= 4 is 19.2 Å². The molecule has 0 unspecified atom stereocenters. The van der Waals surface area contributed by atoms with Crippen LogP contribution >= 0.6 is 0 Å². The number of likely N-dealkylation sites (tertiary alicyclic amines) is 1. The molecule has 1 heterocycles. The summed E-state index contributed by atoms with van der Waals surface area (Å²) >= 11 is 0. The van der Waals surface area contributed by atoms with Gasteiger partial charge in [-0.05, 0) is 52.9 Å². The molecule has 1 rings (SSSR count). The Hall–Kier alpha value is -0.0731. The molecule has 0 amide bonds. The van der Waals surface area contributed by atoms with Crippen LogP contribution in [0.2, 0.25) is 6.04 Å².